The van der Waals surface area contributed by atoms with Crippen LogP contribution in [0.3, 0.4) is 0 Å². The highest BCUT2D eigenvalue weighted by molar-refractivity contribution is 7.89. The number of aromatic nitrogens is 2. The summed E-state index contributed by atoms with van der Waals surface area (Å²) >= 11 is 0. The number of carbonyl (C=O) groups excluding carboxylic acids is 1. The number of urea groups is 1. The van der Waals surface area contributed by atoms with Gasteiger partial charge in [-0.1, -0.05) is 5.16 Å². The Balaban J connectivity index is 1.26. The molecule has 0 N–H and O–H groups in total. The number of rotatable bonds is 4. The molecule has 1 atom stereocenters. The normalized spacial score (nSPS) is 22.6. The highest BCUT2D eigenvalue weighted by Gasteiger charge is 2.32. The van der Waals surface area contributed by atoms with Crippen molar-refractivity contribution in [3.05, 3.63) is 30.2 Å². The molecule has 3 aliphatic heterocycles. The summed E-state index contributed by atoms with van der Waals surface area (Å²) in [4.78, 5) is 21.3. The quantitative estimate of drug-likeness (QED) is 0.630. The predicted octanol–water partition coefficient (Wildman–Crippen LogP) is 1.39. The highest BCUT2D eigenvalue weighted by Crippen LogP contribution is 2.29. The zero-order valence-electron chi connectivity index (χ0n) is 19.0. The molecule has 3 saturated heterocycles. The first-order chi connectivity index (χ1) is 16.5. The van der Waals surface area contributed by atoms with Crippen molar-refractivity contribution in [1.82, 2.24) is 24.2 Å². The van der Waals surface area contributed by atoms with Gasteiger partial charge in [-0.25, -0.2) is 13.2 Å². The summed E-state index contributed by atoms with van der Waals surface area (Å²) in [6, 6.07) is 6.55. The Kier molecular flexibility index (Phi) is 6.82. The first-order valence-corrected chi connectivity index (χ1v) is 13.1. The topological polar surface area (TPSA) is 118 Å². The molecule has 2 aromatic rings. The van der Waals surface area contributed by atoms with Crippen LogP contribution in [-0.2, 0) is 19.5 Å². The second-order valence-corrected chi connectivity index (χ2v) is 10.6. The third kappa shape index (κ3) is 4.81. The lowest BCUT2D eigenvalue weighted by atomic mass is 9.98. The van der Waals surface area contributed by atoms with E-state index in [0.717, 1.165) is 12.8 Å². The first kappa shape index (κ1) is 23.2. The van der Waals surface area contributed by atoms with Crippen LogP contribution in [0.4, 0.5) is 4.79 Å². The summed E-state index contributed by atoms with van der Waals surface area (Å²) in [6.07, 6.45) is 1.73. The molecule has 0 aliphatic carbocycles. The molecule has 4 heterocycles. The molecule has 2 amide bonds. The van der Waals surface area contributed by atoms with Gasteiger partial charge in [0.05, 0.1) is 37.2 Å². The molecule has 3 aliphatic rings. The van der Waals surface area contributed by atoms with Crippen molar-refractivity contribution in [3.8, 4) is 11.4 Å². The van der Waals surface area contributed by atoms with Gasteiger partial charge in [-0.3, -0.25) is 0 Å². The number of amides is 2. The zero-order valence-corrected chi connectivity index (χ0v) is 19.8. The summed E-state index contributed by atoms with van der Waals surface area (Å²) in [6.45, 7) is 5.13. The van der Waals surface area contributed by atoms with Crippen molar-refractivity contribution in [3.63, 3.8) is 0 Å². The van der Waals surface area contributed by atoms with Crippen molar-refractivity contribution in [2.24, 2.45) is 0 Å². The number of likely N-dealkylation sites (tertiary alicyclic amines) is 1. The Morgan fingerprint density at radius 3 is 2.29 bits per heavy atom. The fraction of sp³-hybridized carbons (Fsp3) is 0.591. The molecule has 0 radical (unpaired) electrons. The number of carbonyl (C=O) groups is 1. The van der Waals surface area contributed by atoms with E-state index in [0.29, 0.717) is 83.0 Å². The summed E-state index contributed by atoms with van der Waals surface area (Å²) in [5, 5.41) is 4.11. The van der Waals surface area contributed by atoms with E-state index < -0.39 is 10.0 Å². The van der Waals surface area contributed by atoms with Crippen molar-refractivity contribution in [1.29, 1.82) is 0 Å². The van der Waals surface area contributed by atoms with Gasteiger partial charge in [0, 0.05) is 44.8 Å². The van der Waals surface area contributed by atoms with E-state index in [4.69, 9.17) is 14.0 Å². The van der Waals surface area contributed by atoms with Crippen LogP contribution >= 0.6 is 0 Å². The minimum atomic E-state index is -3.56. The molecule has 11 nitrogen and oxygen atoms in total. The number of morpholine rings is 2. The van der Waals surface area contributed by atoms with E-state index in [1.54, 1.807) is 24.3 Å². The number of benzene rings is 1. The third-order valence-corrected chi connectivity index (χ3v) is 8.40. The Bertz CT molecular complexity index is 1090. The largest absolute Gasteiger partial charge is 0.379 e. The molecule has 12 heteroatoms. The summed E-state index contributed by atoms with van der Waals surface area (Å²) in [7, 11) is -3.56. The fourth-order valence-corrected chi connectivity index (χ4v) is 5.95. The molecule has 3 fully saturated rings. The van der Waals surface area contributed by atoms with Gasteiger partial charge in [-0.05, 0) is 37.1 Å². The van der Waals surface area contributed by atoms with E-state index in [1.807, 2.05) is 9.80 Å². The van der Waals surface area contributed by atoms with Gasteiger partial charge in [0.2, 0.25) is 21.7 Å². The molecular weight excluding hydrogens is 462 g/mol. The standard InChI is InChI=1S/C22H29N5O6S/c28-22(25-8-12-31-13-9-25)26-7-1-2-18(16-26)21-23-20(24-33-21)17-3-5-19(6-4-17)34(29,30)27-10-14-32-15-11-27/h3-6,18H,1-2,7-16H2. The van der Waals surface area contributed by atoms with Crippen LogP contribution in [0, 0.1) is 0 Å². The average molecular weight is 492 g/mol. The van der Waals surface area contributed by atoms with Gasteiger partial charge in [0.15, 0.2) is 0 Å². The number of hydrogen-bond donors (Lipinski definition) is 0. The Labute approximate surface area is 198 Å². The van der Waals surface area contributed by atoms with Gasteiger partial charge < -0.3 is 23.8 Å². The van der Waals surface area contributed by atoms with E-state index >= 15 is 0 Å². The first-order valence-electron chi connectivity index (χ1n) is 11.7. The minimum absolute atomic E-state index is 0.0269. The maximum Gasteiger partial charge on any atom is 0.320 e. The second-order valence-electron chi connectivity index (χ2n) is 8.66. The SMILES string of the molecule is O=C(N1CCOCC1)N1CCCC(c2nc(-c3ccc(S(=O)(=O)N4CCOCC4)cc3)no2)C1. The van der Waals surface area contributed by atoms with Gasteiger partial charge in [-0.15, -0.1) is 0 Å². The van der Waals surface area contributed by atoms with Crippen LogP contribution in [0.5, 0.6) is 0 Å². The number of piperidine rings is 1. The number of ether oxygens (including phenoxy) is 2. The Morgan fingerprint density at radius 1 is 0.912 bits per heavy atom. The van der Waals surface area contributed by atoms with Crippen LogP contribution in [0.1, 0.15) is 24.7 Å². The summed E-state index contributed by atoms with van der Waals surface area (Å²) in [5.41, 5.74) is 0.674. The molecule has 1 aromatic heterocycles. The van der Waals surface area contributed by atoms with Crippen molar-refractivity contribution in [2.75, 3.05) is 65.7 Å². The van der Waals surface area contributed by atoms with Crippen molar-refractivity contribution < 1.29 is 27.2 Å². The maximum absolute atomic E-state index is 12.9. The fourth-order valence-electron chi connectivity index (χ4n) is 4.54. The lowest BCUT2D eigenvalue weighted by Gasteiger charge is -2.36. The lowest BCUT2D eigenvalue weighted by Crippen LogP contribution is -2.50. The van der Waals surface area contributed by atoms with Gasteiger partial charge in [-0.2, -0.15) is 9.29 Å². The predicted molar refractivity (Wildman–Crippen MR) is 121 cm³/mol. The van der Waals surface area contributed by atoms with E-state index in [1.165, 1.54) is 4.31 Å². The van der Waals surface area contributed by atoms with E-state index in [9.17, 15) is 13.2 Å². The molecule has 184 valence electrons. The van der Waals surface area contributed by atoms with Crippen LogP contribution in [0.15, 0.2) is 33.7 Å². The molecule has 34 heavy (non-hydrogen) atoms. The molecular formula is C22H29N5O6S. The molecule has 5 rings (SSSR count). The monoisotopic (exact) mass is 491 g/mol. The smallest absolute Gasteiger partial charge is 0.320 e. The maximum atomic E-state index is 12.9. The molecule has 1 aromatic carbocycles. The van der Waals surface area contributed by atoms with Crippen molar-refractivity contribution >= 4 is 16.1 Å². The average Bonchev–Trinajstić information content (AvgIpc) is 3.40. The minimum Gasteiger partial charge on any atom is -0.379 e. The molecule has 0 saturated carbocycles. The van der Waals surface area contributed by atoms with Crippen LogP contribution < -0.4 is 0 Å². The molecule has 1 unspecified atom stereocenters. The number of hydrogen-bond acceptors (Lipinski definition) is 8. The second kappa shape index (κ2) is 9.98. The lowest BCUT2D eigenvalue weighted by molar-refractivity contribution is 0.0403. The van der Waals surface area contributed by atoms with E-state index in [-0.39, 0.29) is 16.8 Å². The Morgan fingerprint density at radius 2 is 1.59 bits per heavy atom. The van der Waals surface area contributed by atoms with Gasteiger partial charge in [0.25, 0.3) is 0 Å². The van der Waals surface area contributed by atoms with Gasteiger partial charge >= 0.3 is 6.03 Å². The van der Waals surface area contributed by atoms with Gasteiger partial charge in [0.1, 0.15) is 0 Å². The van der Waals surface area contributed by atoms with Crippen molar-refractivity contribution in [2.45, 2.75) is 23.7 Å². The Hall–Kier alpha value is -2.54. The zero-order chi connectivity index (χ0) is 23.5. The number of sulfonamides is 1. The van der Waals surface area contributed by atoms with Crippen LogP contribution in [-0.4, -0.2) is 104 Å². The summed E-state index contributed by atoms with van der Waals surface area (Å²) < 4.78 is 43.2. The third-order valence-electron chi connectivity index (χ3n) is 6.48. The highest BCUT2D eigenvalue weighted by atomic mass is 32.2. The van der Waals surface area contributed by atoms with Crippen LogP contribution in [0.2, 0.25) is 0 Å². The summed E-state index contributed by atoms with van der Waals surface area (Å²) in [5.74, 6) is 0.877. The molecule has 0 bridgehead atoms. The number of nitrogens with zero attached hydrogens (tertiary/aromatic N) is 5. The molecule has 0 spiro atoms. The van der Waals surface area contributed by atoms with E-state index in [2.05, 4.69) is 10.1 Å². The van der Waals surface area contributed by atoms with Crippen LogP contribution in [0.25, 0.3) is 11.4 Å².